The van der Waals surface area contributed by atoms with Crippen LogP contribution in [0, 0.1) is 0 Å². The minimum absolute atomic E-state index is 0.125. The lowest BCUT2D eigenvalue weighted by atomic mass is 10.0. The third kappa shape index (κ3) is 3.39. The predicted molar refractivity (Wildman–Crippen MR) is 82.1 cm³/mol. The van der Waals surface area contributed by atoms with Crippen LogP contribution in [0.2, 0.25) is 0 Å². The standard InChI is InChI=1S/C12H19BrN2O2S2/c1-14-7-5-10-4-2-3-8-15(10)19(16,17)12-11(13)6-9-18-12/h6,9-10,14H,2-5,7-8H2,1H3. The van der Waals surface area contributed by atoms with Crippen LogP contribution in [0.25, 0.3) is 0 Å². The van der Waals surface area contributed by atoms with Crippen molar-refractivity contribution < 1.29 is 8.42 Å². The summed E-state index contributed by atoms with van der Waals surface area (Å²) in [6.45, 7) is 1.49. The number of nitrogens with one attached hydrogen (secondary N) is 1. The molecule has 1 aromatic heterocycles. The Labute approximate surface area is 127 Å². The van der Waals surface area contributed by atoms with Gasteiger partial charge in [-0.2, -0.15) is 4.31 Å². The van der Waals surface area contributed by atoms with Gasteiger partial charge in [0.1, 0.15) is 4.21 Å². The van der Waals surface area contributed by atoms with Gasteiger partial charge in [-0.3, -0.25) is 0 Å². The Bertz CT molecular complexity index is 516. The highest BCUT2D eigenvalue weighted by Gasteiger charge is 2.34. The summed E-state index contributed by atoms with van der Waals surface area (Å²) < 4.78 is 28.3. The van der Waals surface area contributed by atoms with Crippen molar-refractivity contribution in [2.45, 2.75) is 35.9 Å². The number of rotatable bonds is 5. The number of sulfonamides is 1. The zero-order valence-electron chi connectivity index (χ0n) is 10.9. The Hall–Kier alpha value is 0.0500. The Kier molecular flexibility index (Phi) is 5.42. The highest BCUT2D eigenvalue weighted by molar-refractivity contribution is 9.10. The van der Waals surface area contributed by atoms with E-state index in [0.717, 1.165) is 32.2 Å². The minimum atomic E-state index is -3.35. The fourth-order valence-corrected chi connectivity index (χ4v) is 6.61. The second-order valence-electron chi connectivity index (χ2n) is 4.71. The molecule has 0 radical (unpaired) electrons. The van der Waals surface area contributed by atoms with E-state index in [1.54, 1.807) is 10.4 Å². The van der Waals surface area contributed by atoms with Gasteiger partial charge in [-0.15, -0.1) is 11.3 Å². The first-order valence-corrected chi connectivity index (χ1v) is 9.58. The Morgan fingerprint density at radius 1 is 1.53 bits per heavy atom. The van der Waals surface area contributed by atoms with Crippen molar-refractivity contribution in [3.63, 3.8) is 0 Å². The molecular weight excluding hydrogens is 348 g/mol. The van der Waals surface area contributed by atoms with Crippen LogP contribution >= 0.6 is 27.3 Å². The molecule has 108 valence electrons. The summed E-state index contributed by atoms with van der Waals surface area (Å²) in [6.07, 6.45) is 3.91. The molecule has 0 saturated carbocycles. The van der Waals surface area contributed by atoms with E-state index in [4.69, 9.17) is 0 Å². The molecular formula is C12H19BrN2O2S2. The van der Waals surface area contributed by atoms with Crippen molar-refractivity contribution in [1.82, 2.24) is 9.62 Å². The molecule has 1 aliphatic rings. The van der Waals surface area contributed by atoms with E-state index in [1.807, 2.05) is 12.4 Å². The highest BCUT2D eigenvalue weighted by Crippen LogP contribution is 2.34. The van der Waals surface area contributed by atoms with E-state index in [9.17, 15) is 8.42 Å². The quantitative estimate of drug-likeness (QED) is 0.871. The maximum absolute atomic E-state index is 12.7. The largest absolute Gasteiger partial charge is 0.320 e. The summed E-state index contributed by atoms with van der Waals surface area (Å²) in [6, 6.07) is 1.92. The van der Waals surface area contributed by atoms with Crippen molar-refractivity contribution in [2.75, 3.05) is 20.1 Å². The van der Waals surface area contributed by atoms with Gasteiger partial charge in [0.25, 0.3) is 10.0 Å². The van der Waals surface area contributed by atoms with Gasteiger partial charge in [0, 0.05) is 17.1 Å². The van der Waals surface area contributed by atoms with Crippen molar-refractivity contribution in [1.29, 1.82) is 0 Å². The van der Waals surface area contributed by atoms with E-state index in [0.29, 0.717) is 15.2 Å². The average molecular weight is 367 g/mol. The molecule has 0 bridgehead atoms. The number of halogens is 1. The van der Waals surface area contributed by atoms with Gasteiger partial charge in [-0.05, 0) is 60.2 Å². The van der Waals surface area contributed by atoms with Crippen molar-refractivity contribution in [3.8, 4) is 0 Å². The second kappa shape index (κ2) is 6.67. The number of thiophene rings is 1. The number of hydrogen-bond donors (Lipinski definition) is 1. The van der Waals surface area contributed by atoms with Gasteiger partial charge in [-0.25, -0.2) is 8.42 Å². The molecule has 0 aromatic carbocycles. The molecule has 19 heavy (non-hydrogen) atoms. The molecule has 1 saturated heterocycles. The van der Waals surface area contributed by atoms with E-state index in [2.05, 4.69) is 21.2 Å². The lowest BCUT2D eigenvalue weighted by molar-refractivity contribution is 0.241. The van der Waals surface area contributed by atoms with Crippen molar-refractivity contribution in [3.05, 3.63) is 15.9 Å². The van der Waals surface area contributed by atoms with Crippen molar-refractivity contribution in [2.24, 2.45) is 0 Å². The summed E-state index contributed by atoms with van der Waals surface area (Å²) in [5, 5.41) is 4.91. The maximum Gasteiger partial charge on any atom is 0.253 e. The first-order chi connectivity index (χ1) is 9.07. The fraction of sp³-hybridized carbons (Fsp3) is 0.667. The molecule has 1 aromatic rings. The lowest BCUT2D eigenvalue weighted by Gasteiger charge is -2.34. The predicted octanol–water partition coefficient (Wildman–Crippen LogP) is 2.66. The highest BCUT2D eigenvalue weighted by atomic mass is 79.9. The van der Waals surface area contributed by atoms with Crippen LogP contribution in [-0.2, 0) is 10.0 Å². The molecule has 2 rings (SSSR count). The fourth-order valence-electron chi connectivity index (χ4n) is 2.46. The molecule has 0 spiro atoms. The van der Waals surface area contributed by atoms with Crippen LogP contribution in [0.5, 0.6) is 0 Å². The Balaban J connectivity index is 2.24. The second-order valence-corrected chi connectivity index (χ2v) is 8.57. The monoisotopic (exact) mass is 366 g/mol. The zero-order valence-corrected chi connectivity index (χ0v) is 14.2. The van der Waals surface area contributed by atoms with E-state index in [-0.39, 0.29) is 6.04 Å². The van der Waals surface area contributed by atoms with Gasteiger partial charge in [0.05, 0.1) is 0 Å². The number of hydrogen-bond acceptors (Lipinski definition) is 4. The summed E-state index contributed by atoms with van der Waals surface area (Å²) in [4.78, 5) is 0. The molecule has 7 heteroatoms. The summed E-state index contributed by atoms with van der Waals surface area (Å²) in [7, 11) is -1.45. The van der Waals surface area contributed by atoms with E-state index in [1.165, 1.54) is 11.3 Å². The summed E-state index contributed by atoms with van der Waals surface area (Å²) in [5.41, 5.74) is 0. The summed E-state index contributed by atoms with van der Waals surface area (Å²) in [5.74, 6) is 0. The molecule has 1 fully saturated rings. The molecule has 0 aliphatic carbocycles. The zero-order chi connectivity index (χ0) is 13.9. The third-order valence-corrected chi connectivity index (χ3v) is 8.03. The first kappa shape index (κ1) is 15.4. The molecule has 0 amide bonds. The van der Waals surface area contributed by atoms with E-state index < -0.39 is 10.0 Å². The van der Waals surface area contributed by atoms with Crippen molar-refractivity contribution >= 4 is 37.3 Å². The number of nitrogens with zero attached hydrogens (tertiary/aromatic N) is 1. The normalized spacial score (nSPS) is 21.7. The van der Waals surface area contributed by atoms with Gasteiger partial charge in [0.15, 0.2) is 0 Å². The topological polar surface area (TPSA) is 49.4 Å². The number of piperidine rings is 1. The van der Waals surface area contributed by atoms with Gasteiger partial charge in [0.2, 0.25) is 0 Å². The van der Waals surface area contributed by atoms with Crippen LogP contribution in [0.15, 0.2) is 20.1 Å². The van der Waals surface area contributed by atoms with Gasteiger partial charge < -0.3 is 5.32 Å². The molecule has 1 atom stereocenters. The molecule has 1 aliphatic heterocycles. The molecule has 2 heterocycles. The Morgan fingerprint density at radius 3 is 2.95 bits per heavy atom. The van der Waals surface area contributed by atoms with Gasteiger partial charge in [-0.1, -0.05) is 6.42 Å². The Morgan fingerprint density at radius 2 is 2.32 bits per heavy atom. The average Bonchev–Trinajstić information content (AvgIpc) is 2.83. The maximum atomic E-state index is 12.7. The van der Waals surface area contributed by atoms with Crippen LogP contribution in [0.1, 0.15) is 25.7 Å². The van der Waals surface area contributed by atoms with Crippen LogP contribution in [0.3, 0.4) is 0 Å². The van der Waals surface area contributed by atoms with Gasteiger partial charge >= 0.3 is 0 Å². The smallest absolute Gasteiger partial charge is 0.253 e. The van der Waals surface area contributed by atoms with Crippen LogP contribution in [0.4, 0.5) is 0 Å². The molecule has 1 N–H and O–H groups in total. The summed E-state index contributed by atoms with van der Waals surface area (Å²) >= 11 is 4.62. The first-order valence-electron chi connectivity index (χ1n) is 6.47. The van der Waals surface area contributed by atoms with E-state index >= 15 is 0 Å². The third-order valence-electron chi connectivity index (χ3n) is 3.43. The SMILES string of the molecule is CNCCC1CCCCN1S(=O)(=O)c1sccc1Br. The van der Waals surface area contributed by atoms with Crippen LogP contribution in [-0.4, -0.2) is 38.9 Å². The molecule has 4 nitrogen and oxygen atoms in total. The lowest BCUT2D eigenvalue weighted by Crippen LogP contribution is -2.44. The molecule has 1 unspecified atom stereocenters. The minimum Gasteiger partial charge on any atom is -0.320 e. The van der Waals surface area contributed by atoms with Crippen LogP contribution < -0.4 is 5.32 Å².